The Hall–Kier alpha value is -2.02. The van der Waals surface area contributed by atoms with Gasteiger partial charge >= 0.3 is 5.97 Å². The maximum atomic E-state index is 13.4. The molecule has 0 saturated heterocycles. The highest BCUT2D eigenvalue weighted by Crippen LogP contribution is 2.54. The molecule has 2 aliphatic rings. The lowest BCUT2D eigenvalue weighted by molar-refractivity contribution is -0.142. The van der Waals surface area contributed by atoms with Crippen molar-refractivity contribution >= 4 is 39.4 Å². The normalized spacial score (nSPS) is 26.5. The minimum Gasteiger partial charge on any atom is -0.469 e. The molecule has 1 aromatic carbocycles. The number of ether oxygens (including phenoxy) is 1. The number of carbonyl (C=O) groups is 1. The number of methoxy groups -OCH3 is 1. The van der Waals surface area contributed by atoms with Crippen LogP contribution < -0.4 is 5.73 Å². The number of aromatic nitrogens is 1. The maximum Gasteiger partial charge on any atom is 0.311 e. The number of rotatable bonds is 2. The van der Waals surface area contributed by atoms with Crippen molar-refractivity contribution in [2.24, 2.45) is 10.9 Å². The predicted molar refractivity (Wildman–Crippen MR) is 84.5 cm³/mol. The molecule has 1 aliphatic carbocycles. The number of anilines is 1. The molecule has 2 heterocycles. The number of nitrogens with zero attached hydrogens (tertiary/aromatic N) is 1. The van der Waals surface area contributed by atoms with Crippen LogP contribution in [0.3, 0.4) is 0 Å². The molecular weight excluding hydrogens is 305 g/mol. The Morgan fingerprint density at radius 3 is 3.14 bits per heavy atom. The van der Waals surface area contributed by atoms with E-state index >= 15 is 0 Å². The van der Waals surface area contributed by atoms with E-state index in [1.54, 1.807) is 11.8 Å². The first kappa shape index (κ1) is 13.6. The van der Waals surface area contributed by atoms with E-state index in [0.29, 0.717) is 11.2 Å². The zero-order chi connectivity index (χ0) is 15.5. The van der Waals surface area contributed by atoms with Gasteiger partial charge in [-0.1, -0.05) is 0 Å². The Morgan fingerprint density at radius 2 is 2.36 bits per heavy atom. The van der Waals surface area contributed by atoms with Gasteiger partial charge in [-0.15, -0.1) is 11.8 Å². The van der Waals surface area contributed by atoms with Gasteiger partial charge in [-0.05, 0) is 24.6 Å². The fourth-order valence-electron chi connectivity index (χ4n) is 2.97. The number of hydrogen-bond donors (Lipinski definition) is 2. The zero-order valence-electron chi connectivity index (χ0n) is 11.9. The number of thioether (sulfide) groups is 1. The first-order valence-corrected chi connectivity index (χ1v) is 7.89. The Bertz CT molecular complexity index is 832. The fraction of sp³-hybridized carbons (Fsp3) is 0.333. The third-order valence-corrected chi connectivity index (χ3v) is 5.50. The first-order valence-electron chi connectivity index (χ1n) is 6.91. The highest BCUT2D eigenvalue weighted by Gasteiger charge is 2.61. The van der Waals surface area contributed by atoms with E-state index in [-0.39, 0.29) is 23.2 Å². The molecule has 0 bridgehead atoms. The minimum absolute atomic E-state index is 0.144. The van der Waals surface area contributed by atoms with Crippen LogP contribution in [-0.2, 0) is 9.53 Å². The molecule has 22 heavy (non-hydrogen) atoms. The monoisotopic (exact) mass is 319 g/mol. The number of benzene rings is 1. The Morgan fingerprint density at radius 1 is 1.55 bits per heavy atom. The van der Waals surface area contributed by atoms with E-state index < -0.39 is 0 Å². The number of H-pyrrole nitrogens is 1. The Kier molecular flexibility index (Phi) is 2.78. The van der Waals surface area contributed by atoms with Crippen molar-refractivity contribution in [2.45, 2.75) is 12.0 Å². The summed E-state index contributed by atoms with van der Waals surface area (Å²) in [4.78, 5) is 19.5. The zero-order valence-corrected chi connectivity index (χ0v) is 12.7. The van der Waals surface area contributed by atoms with Gasteiger partial charge in [-0.3, -0.25) is 9.79 Å². The molecule has 1 aromatic heterocycles. The summed E-state index contributed by atoms with van der Waals surface area (Å²) in [7, 11) is 1.40. The molecule has 5 nitrogen and oxygen atoms in total. The van der Waals surface area contributed by atoms with Crippen molar-refractivity contribution in [1.82, 2.24) is 4.98 Å². The summed E-state index contributed by atoms with van der Waals surface area (Å²) in [5.74, 6) is 0.0605. The molecule has 3 N–H and O–H groups in total. The first-order chi connectivity index (χ1) is 10.5. The van der Waals surface area contributed by atoms with E-state index in [0.717, 1.165) is 28.3 Å². The van der Waals surface area contributed by atoms with Crippen LogP contribution in [-0.4, -0.2) is 34.4 Å². The number of esters is 1. The third-order valence-electron chi connectivity index (χ3n) is 4.27. The van der Waals surface area contributed by atoms with Crippen molar-refractivity contribution < 1.29 is 13.9 Å². The number of nitrogens with two attached hydrogens (primary N) is 1. The van der Waals surface area contributed by atoms with Crippen LogP contribution in [0.4, 0.5) is 10.1 Å². The molecule has 1 fully saturated rings. The number of nitrogens with one attached hydrogen (secondary N) is 1. The standard InChI is InChI=1S/C15H14FN3O2S/c1-21-14(20)9-5-15(9)6-22-13(19-15)11-3-7-2-8(16)4-10(17)12(7)18-11/h2-4,9,18H,5-6,17H2,1H3/t9?,15-/m0/s1. The van der Waals surface area contributed by atoms with E-state index in [9.17, 15) is 9.18 Å². The smallest absolute Gasteiger partial charge is 0.311 e. The van der Waals surface area contributed by atoms with Crippen LogP contribution in [0.2, 0.25) is 0 Å². The molecule has 2 atom stereocenters. The number of hydrogen-bond acceptors (Lipinski definition) is 5. The molecule has 114 valence electrons. The predicted octanol–water partition coefficient (Wildman–Crippen LogP) is 2.31. The van der Waals surface area contributed by atoms with Crippen LogP contribution >= 0.6 is 11.8 Å². The summed E-state index contributed by atoms with van der Waals surface area (Å²) in [6.45, 7) is 0. The maximum absolute atomic E-state index is 13.4. The lowest BCUT2D eigenvalue weighted by atomic mass is 10.2. The molecular formula is C15H14FN3O2S. The van der Waals surface area contributed by atoms with Crippen LogP contribution in [0.5, 0.6) is 0 Å². The Balaban J connectivity index is 1.69. The average molecular weight is 319 g/mol. The summed E-state index contributed by atoms with van der Waals surface area (Å²) in [6.07, 6.45) is 0.729. The summed E-state index contributed by atoms with van der Waals surface area (Å²) < 4.78 is 18.2. The van der Waals surface area contributed by atoms with Crippen LogP contribution in [0.1, 0.15) is 12.1 Å². The molecule has 1 spiro atoms. The van der Waals surface area contributed by atoms with Gasteiger partial charge in [0.1, 0.15) is 10.9 Å². The van der Waals surface area contributed by atoms with Gasteiger partial charge in [0.25, 0.3) is 0 Å². The summed E-state index contributed by atoms with van der Waals surface area (Å²) >= 11 is 1.60. The molecule has 1 aliphatic heterocycles. The molecule has 7 heteroatoms. The van der Waals surface area contributed by atoms with Gasteiger partial charge in [-0.2, -0.15) is 0 Å². The molecule has 0 radical (unpaired) electrons. The van der Waals surface area contributed by atoms with Gasteiger partial charge < -0.3 is 15.5 Å². The second kappa shape index (κ2) is 4.49. The van der Waals surface area contributed by atoms with Crippen molar-refractivity contribution in [1.29, 1.82) is 0 Å². The van der Waals surface area contributed by atoms with Crippen LogP contribution in [0.15, 0.2) is 23.2 Å². The SMILES string of the molecule is COC(=O)C1C[C@]12CSC(c1cc3cc(F)cc(N)c3[nH]1)=N2. The number of fused-ring (bicyclic) bond motifs is 1. The number of aromatic amines is 1. The van der Waals surface area contributed by atoms with E-state index in [2.05, 4.69) is 4.98 Å². The topological polar surface area (TPSA) is 80.5 Å². The molecule has 1 saturated carbocycles. The second-order valence-corrected chi connectivity index (χ2v) is 6.70. The minimum atomic E-state index is -0.360. The fourth-order valence-corrected chi connectivity index (χ4v) is 4.25. The quantitative estimate of drug-likeness (QED) is 0.657. The van der Waals surface area contributed by atoms with Gasteiger partial charge in [0.2, 0.25) is 0 Å². The third kappa shape index (κ3) is 1.92. The second-order valence-electron chi connectivity index (χ2n) is 5.73. The lowest BCUT2D eigenvalue weighted by Gasteiger charge is -2.01. The number of aliphatic imine (C=N–C) groups is 1. The van der Waals surface area contributed by atoms with Gasteiger partial charge in [0.15, 0.2) is 0 Å². The van der Waals surface area contributed by atoms with Gasteiger partial charge in [0.05, 0.1) is 35.5 Å². The molecule has 2 aromatic rings. The number of halogens is 1. The van der Waals surface area contributed by atoms with E-state index in [1.165, 1.54) is 19.2 Å². The summed E-state index contributed by atoms with van der Waals surface area (Å²) in [5.41, 5.74) is 7.41. The summed E-state index contributed by atoms with van der Waals surface area (Å²) in [6, 6.07) is 4.58. The van der Waals surface area contributed by atoms with Crippen molar-refractivity contribution in [2.75, 3.05) is 18.6 Å². The average Bonchev–Trinajstić information content (AvgIpc) is 2.83. The Labute approximate surface area is 130 Å². The lowest BCUT2D eigenvalue weighted by Crippen LogP contribution is -2.15. The highest BCUT2D eigenvalue weighted by molar-refractivity contribution is 8.14. The summed E-state index contributed by atoms with van der Waals surface area (Å²) in [5, 5.41) is 1.56. The molecule has 4 rings (SSSR count). The largest absolute Gasteiger partial charge is 0.469 e. The number of carbonyl (C=O) groups excluding carboxylic acids is 1. The van der Waals surface area contributed by atoms with Crippen LogP contribution in [0, 0.1) is 11.7 Å². The van der Waals surface area contributed by atoms with E-state index in [4.69, 9.17) is 15.5 Å². The van der Waals surface area contributed by atoms with Crippen molar-refractivity contribution in [3.63, 3.8) is 0 Å². The van der Waals surface area contributed by atoms with Gasteiger partial charge in [-0.25, -0.2) is 4.39 Å². The highest BCUT2D eigenvalue weighted by atomic mass is 32.2. The van der Waals surface area contributed by atoms with Crippen LogP contribution in [0.25, 0.3) is 10.9 Å². The molecule has 0 amide bonds. The molecule has 1 unspecified atom stereocenters. The van der Waals surface area contributed by atoms with Crippen molar-refractivity contribution in [3.05, 3.63) is 29.7 Å². The number of nitrogen functional groups attached to an aromatic ring is 1. The van der Waals surface area contributed by atoms with Gasteiger partial charge in [0, 0.05) is 11.1 Å². The van der Waals surface area contributed by atoms with Crippen molar-refractivity contribution in [3.8, 4) is 0 Å². The van der Waals surface area contributed by atoms with E-state index in [1.807, 2.05) is 6.07 Å².